The molecule has 2 heterocycles. The van der Waals surface area contributed by atoms with Gasteiger partial charge in [0.2, 0.25) is 5.91 Å². The van der Waals surface area contributed by atoms with Crippen LogP contribution < -0.4 is 5.32 Å². The first-order valence-electron chi connectivity index (χ1n) is 8.25. The molecule has 1 N–H and O–H groups in total. The van der Waals surface area contributed by atoms with E-state index in [-0.39, 0.29) is 19.0 Å². The lowest BCUT2D eigenvalue weighted by Crippen LogP contribution is -2.20. The van der Waals surface area contributed by atoms with Crippen LogP contribution >= 0.6 is 27.5 Å². The lowest BCUT2D eigenvalue weighted by molar-refractivity contribution is -0.116. The molecule has 4 rings (SSSR count). The topological polar surface area (TPSA) is 77.6 Å². The van der Waals surface area contributed by atoms with E-state index in [4.69, 9.17) is 11.6 Å². The van der Waals surface area contributed by atoms with Crippen molar-refractivity contribution in [2.24, 2.45) is 0 Å². The number of nitrogens with zero attached hydrogens (tertiary/aromatic N) is 5. The molecule has 7 nitrogen and oxygen atoms in total. The molecule has 0 aliphatic rings. The van der Waals surface area contributed by atoms with Gasteiger partial charge in [0.25, 0.3) is 0 Å². The first-order valence-corrected chi connectivity index (χ1v) is 9.42. The minimum Gasteiger partial charge on any atom is -0.307 e. The van der Waals surface area contributed by atoms with E-state index in [0.717, 1.165) is 5.52 Å². The quantitative estimate of drug-likeness (QED) is 0.487. The highest BCUT2D eigenvalue weighted by Crippen LogP contribution is 2.24. The lowest BCUT2D eigenvalue weighted by Gasteiger charge is -2.06. The van der Waals surface area contributed by atoms with Gasteiger partial charge in [-0.15, -0.1) is 5.10 Å². The Balaban J connectivity index is 1.49. The van der Waals surface area contributed by atoms with E-state index in [1.165, 1.54) is 15.4 Å². The van der Waals surface area contributed by atoms with E-state index in [2.05, 4.69) is 36.7 Å². The normalized spacial score (nSPS) is 11.1. The van der Waals surface area contributed by atoms with Crippen LogP contribution in [0.4, 0.5) is 10.2 Å². The lowest BCUT2D eigenvalue weighted by atomic mass is 10.2. The van der Waals surface area contributed by atoms with Crippen molar-refractivity contribution in [2.45, 2.75) is 13.1 Å². The molecule has 1 amide bonds. The summed E-state index contributed by atoms with van der Waals surface area (Å²) in [6.07, 6.45) is 1.64. The summed E-state index contributed by atoms with van der Waals surface area (Å²) in [5.74, 6) is -0.407. The van der Waals surface area contributed by atoms with Crippen molar-refractivity contribution in [1.82, 2.24) is 24.8 Å². The standard InChI is InChI=1S/C18H13BrClFN6O/c19-12-9-26(8-11-13(20)4-3-5-14(11)21)24-18(12)22-17(28)10-27-16-7-2-1-6-15(16)23-25-27/h1-7,9H,8,10H2,(H,22,24,28). The highest BCUT2D eigenvalue weighted by atomic mass is 79.9. The number of benzene rings is 2. The molecule has 0 saturated heterocycles. The number of halogens is 3. The van der Waals surface area contributed by atoms with Crippen LogP contribution in [0.5, 0.6) is 0 Å². The number of hydrogen-bond acceptors (Lipinski definition) is 4. The third-order valence-electron chi connectivity index (χ3n) is 4.07. The number of hydrogen-bond donors (Lipinski definition) is 1. The summed E-state index contributed by atoms with van der Waals surface area (Å²) in [4.78, 5) is 12.4. The summed E-state index contributed by atoms with van der Waals surface area (Å²) in [6.45, 7) is 0.118. The summed E-state index contributed by atoms with van der Waals surface area (Å²) in [7, 11) is 0. The van der Waals surface area contributed by atoms with Crippen molar-refractivity contribution < 1.29 is 9.18 Å². The van der Waals surface area contributed by atoms with Gasteiger partial charge in [-0.05, 0) is 40.2 Å². The molecule has 0 aliphatic heterocycles. The van der Waals surface area contributed by atoms with Crippen LogP contribution in [0.3, 0.4) is 0 Å². The Hall–Kier alpha value is -2.78. The number of anilines is 1. The summed E-state index contributed by atoms with van der Waals surface area (Å²) in [5.41, 5.74) is 1.80. The molecule has 10 heteroatoms. The molecule has 0 unspecified atom stereocenters. The van der Waals surface area contributed by atoms with Gasteiger partial charge in [0.1, 0.15) is 17.9 Å². The molecule has 0 atom stereocenters. The summed E-state index contributed by atoms with van der Waals surface area (Å²) in [5, 5.41) is 15.3. The molecule has 0 bridgehead atoms. The van der Waals surface area contributed by atoms with Crippen LogP contribution in [-0.4, -0.2) is 30.7 Å². The van der Waals surface area contributed by atoms with Gasteiger partial charge in [-0.3, -0.25) is 9.48 Å². The number of fused-ring (bicyclic) bond motifs is 1. The van der Waals surface area contributed by atoms with E-state index in [1.54, 1.807) is 18.3 Å². The summed E-state index contributed by atoms with van der Waals surface area (Å²) >= 11 is 9.41. The fraction of sp³-hybridized carbons (Fsp3) is 0.111. The first-order chi connectivity index (χ1) is 13.5. The van der Waals surface area contributed by atoms with Crippen LogP contribution in [0.25, 0.3) is 11.0 Å². The predicted molar refractivity (Wildman–Crippen MR) is 107 cm³/mol. The molecular formula is C18H13BrClFN6O. The van der Waals surface area contributed by atoms with Gasteiger partial charge in [0.05, 0.1) is 16.5 Å². The molecule has 2 aromatic carbocycles. The Labute approximate surface area is 172 Å². The van der Waals surface area contributed by atoms with E-state index in [0.29, 0.717) is 26.4 Å². The second-order valence-electron chi connectivity index (χ2n) is 6.01. The largest absolute Gasteiger partial charge is 0.307 e. The Morgan fingerprint density at radius 3 is 2.86 bits per heavy atom. The number of carbonyl (C=O) groups is 1. The highest BCUT2D eigenvalue weighted by Gasteiger charge is 2.15. The molecular weight excluding hydrogens is 451 g/mol. The maximum atomic E-state index is 14.0. The number of amides is 1. The average Bonchev–Trinajstić information content (AvgIpc) is 3.22. The number of aromatic nitrogens is 5. The van der Waals surface area contributed by atoms with Crippen LogP contribution in [0, 0.1) is 5.82 Å². The van der Waals surface area contributed by atoms with Crippen molar-refractivity contribution in [3.05, 3.63) is 69.5 Å². The van der Waals surface area contributed by atoms with Gasteiger partial charge in [-0.25, -0.2) is 9.07 Å². The van der Waals surface area contributed by atoms with Crippen molar-refractivity contribution >= 4 is 50.3 Å². The zero-order chi connectivity index (χ0) is 19.7. The summed E-state index contributed by atoms with van der Waals surface area (Å²) < 4.78 is 17.5. The maximum absolute atomic E-state index is 14.0. The Morgan fingerprint density at radius 2 is 2.04 bits per heavy atom. The molecule has 28 heavy (non-hydrogen) atoms. The molecule has 0 spiro atoms. The fourth-order valence-corrected chi connectivity index (χ4v) is 3.39. The van der Waals surface area contributed by atoms with E-state index in [9.17, 15) is 9.18 Å². The highest BCUT2D eigenvalue weighted by molar-refractivity contribution is 9.10. The first kappa shape index (κ1) is 18.6. The third kappa shape index (κ3) is 3.76. The van der Waals surface area contributed by atoms with E-state index >= 15 is 0 Å². The molecule has 2 aromatic heterocycles. The molecule has 0 saturated carbocycles. The van der Waals surface area contributed by atoms with Crippen molar-refractivity contribution in [1.29, 1.82) is 0 Å². The van der Waals surface area contributed by atoms with Crippen LogP contribution in [0.1, 0.15) is 5.56 Å². The molecule has 142 valence electrons. The molecule has 0 aliphatic carbocycles. The van der Waals surface area contributed by atoms with Crippen molar-refractivity contribution in [2.75, 3.05) is 5.32 Å². The van der Waals surface area contributed by atoms with Crippen LogP contribution in [0.15, 0.2) is 53.1 Å². The van der Waals surface area contributed by atoms with Gasteiger partial charge < -0.3 is 5.32 Å². The molecule has 0 radical (unpaired) electrons. The molecule has 4 aromatic rings. The number of nitrogens with one attached hydrogen (secondary N) is 1. The summed E-state index contributed by atoms with van der Waals surface area (Å²) in [6, 6.07) is 11.9. The minimum absolute atomic E-state index is 0.0149. The monoisotopic (exact) mass is 462 g/mol. The van der Waals surface area contributed by atoms with Crippen LogP contribution in [0.2, 0.25) is 5.02 Å². The van der Waals surface area contributed by atoms with Crippen LogP contribution in [-0.2, 0) is 17.9 Å². The smallest absolute Gasteiger partial charge is 0.247 e. The van der Waals surface area contributed by atoms with Gasteiger partial charge in [0.15, 0.2) is 5.82 Å². The van der Waals surface area contributed by atoms with Gasteiger partial charge in [0, 0.05) is 16.8 Å². The van der Waals surface area contributed by atoms with E-state index < -0.39 is 5.82 Å². The van der Waals surface area contributed by atoms with E-state index in [1.807, 2.05) is 24.3 Å². The second-order valence-corrected chi connectivity index (χ2v) is 7.27. The Bertz CT molecular complexity index is 1150. The Morgan fingerprint density at radius 1 is 1.21 bits per heavy atom. The number of rotatable bonds is 5. The predicted octanol–water partition coefficient (Wildman–Crippen LogP) is 3.87. The van der Waals surface area contributed by atoms with Crippen molar-refractivity contribution in [3.8, 4) is 0 Å². The third-order valence-corrected chi connectivity index (χ3v) is 5.00. The fourth-order valence-electron chi connectivity index (χ4n) is 2.75. The maximum Gasteiger partial charge on any atom is 0.247 e. The second kappa shape index (κ2) is 7.69. The number of para-hydroxylation sites is 1. The van der Waals surface area contributed by atoms with Gasteiger partial charge >= 0.3 is 0 Å². The number of carbonyl (C=O) groups excluding carboxylic acids is 1. The molecule has 0 fully saturated rings. The van der Waals surface area contributed by atoms with Gasteiger partial charge in [-0.2, -0.15) is 5.10 Å². The Kier molecular flexibility index (Phi) is 5.10. The SMILES string of the molecule is O=C(Cn1nnc2ccccc21)Nc1nn(Cc2c(F)cccc2Cl)cc1Br. The average molecular weight is 464 g/mol. The minimum atomic E-state index is -0.414. The van der Waals surface area contributed by atoms with Crippen molar-refractivity contribution in [3.63, 3.8) is 0 Å². The zero-order valence-corrected chi connectivity index (χ0v) is 16.7. The van der Waals surface area contributed by atoms with Gasteiger partial charge in [-0.1, -0.05) is 35.0 Å². The zero-order valence-electron chi connectivity index (χ0n) is 14.3.